The van der Waals surface area contributed by atoms with Crippen molar-refractivity contribution in [2.24, 2.45) is 5.73 Å². The van der Waals surface area contributed by atoms with Crippen molar-refractivity contribution in [3.63, 3.8) is 0 Å². The lowest BCUT2D eigenvalue weighted by molar-refractivity contribution is -0.275. The van der Waals surface area contributed by atoms with E-state index in [2.05, 4.69) is 9.72 Å². The van der Waals surface area contributed by atoms with Gasteiger partial charge in [0.15, 0.2) is 5.75 Å². The standard InChI is InChI=1S/C7H7F3IN3O/c8-7(9,10)15-5-3(1-12)2-14-6(13)4(5)11/h2H,1,12H2,(H2,13,14). The summed E-state index contributed by atoms with van der Waals surface area (Å²) in [5.74, 6) is -0.398. The molecule has 1 heterocycles. The van der Waals surface area contributed by atoms with Crippen LogP contribution in [0.2, 0.25) is 0 Å². The van der Waals surface area contributed by atoms with Crippen LogP contribution in [0.15, 0.2) is 6.20 Å². The number of aromatic nitrogens is 1. The molecule has 4 N–H and O–H groups in total. The van der Waals surface area contributed by atoms with E-state index >= 15 is 0 Å². The summed E-state index contributed by atoms with van der Waals surface area (Å²) in [7, 11) is 0. The maximum absolute atomic E-state index is 12.0. The van der Waals surface area contributed by atoms with Gasteiger partial charge in [-0.05, 0) is 22.6 Å². The first-order valence-electron chi connectivity index (χ1n) is 3.74. The molecule has 1 rings (SSSR count). The summed E-state index contributed by atoms with van der Waals surface area (Å²) in [6, 6.07) is 0. The third kappa shape index (κ3) is 3.09. The van der Waals surface area contributed by atoms with Crippen molar-refractivity contribution in [1.29, 1.82) is 0 Å². The average molecular weight is 333 g/mol. The van der Waals surface area contributed by atoms with Gasteiger partial charge in [-0.15, -0.1) is 13.2 Å². The van der Waals surface area contributed by atoms with Crippen LogP contribution in [0, 0.1) is 3.57 Å². The highest BCUT2D eigenvalue weighted by Gasteiger charge is 2.33. The van der Waals surface area contributed by atoms with Crippen molar-refractivity contribution in [2.45, 2.75) is 12.9 Å². The molecule has 8 heteroatoms. The van der Waals surface area contributed by atoms with Crippen molar-refractivity contribution in [3.05, 3.63) is 15.3 Å². The molecule has 0 aliphatic heterocycles. The largest absolute Gasteiger partial charge is 0.573 e. The molecule has 1 aromatic rings. The van der Waals surface area contributed by atoms with Crippen molar-refractivity contribution < 1.29 is 17.9 Å². The lowest BCUT2D eigenvalue weighted by Gasteiger charge is -2.14. The zero-order valence-electron chi connectivity index (χ0n) is 7.31. The summed E-state index contributed by atoms with van der Waals surface area (Å²) in [5.41, 5.74) is 10.8. The Kier molecular flexibility index (Phi) is 3.60. The molecule has 15 heavy (non-hydrogen) atoms. The quantitative estimate of drug-likeness (QED) is 0.807. The molecule has 4 nitrogen and oxygen atoms in total. The minimum absolute atomic E-state index is 0.0212. The lowest BCUT2D eigenvalue weighted by Crippen LogP contribution is -2.20. The van der Waals surface area contributed by atoms with Crippen molar-refractivity contribution in [1.82, 2.24) is 4.98 Å². The van der Waals surface area contributed by atoms with Crippen LogP contribution in [0.4, 0.5) is 19.0 Å². The number of pyridine rings is 1. The number of rotatable bonds is 2. The van der Waals surface area contributed by atoms with Crippen molar-refractivity contribution in [2.75, 3.05) is 5.73 Å². The summed E-state index contributed by atoms with van der Waals surface area (Å²) in [4.78, 5) is 3.68. The molecule has 84 valence electrons. The predicted octanol–water partition coefficient (Wildman–Crippen LogP) is 1.63. The van der Waals surface area contributed by atoms with Crippen LogP contribution >= 0.6 is 22.6 Å². The maximum atomic E-state index is 12.0. The Bertz CT molecular complexity index is 369. The number of nitrogen functional groups attached to an aromatic ring is 1. The second-order valence-electron chi connectivity index (χ2n) is 2.56. The van der Waals surface area contributed by atoms with Crippen LogP contribution in [0.25, 0.3) is 0 Å². The fraction of sp³-hybridized carbons (Fsp3) is 0.286. The minimum atomic E-state index is -4.77. The number of nitrogens with zero attached hydrogens (tertiary/aromatic N) is 1. The van der Waals surface area contributed by atoms with Gasteiger partial charge in [0.05, 0.1) is 3.57 Å². The van der Waals surface area contributed by atoms with Crippen LogP contribution in [-0.2, 0) is 6.54 Å². The van der Waals surface area contributed by atoms with E-state index in [-0.39, 0.29) is 27.2 Å². The minimum Gasteiger partial charge on any atom is -0.404 e. The first kappa shape index (κ1) is 12.3. The number of anilines is 1. The van der Waals surface area contributed by atoms with Gasteiger partial charge in [-0.1, -0.05) is 0 Å². The van der Waals surface area contributed by atoms with Gasteiger partial charge in [-0.25, -0.2) is 4.98 Å². The second-order valence-corrected chi connectivity index (χ2v) is 3.64. The highest BCUT2D eigenvalue weighted by atomic mass is 127. The summed E-state index contributed by atoms with van der Waals surface area (Å²) in [6.07, 6.45) is -3.60. The van der Waals surface area contributed by atoms with E-state index < -0.39 is 6.36 Å². The Labute approximate surface area is 96.9 Å². The smallest absolute Gasteiger partial charge is 0.404 e. The van der Waals surface area contributed by atoms with Gasteiger partial charge in [0.1, 0.15) is 5.82 Å². The topological polar surface area (TPSA) is 74.2 Å². The second kappa shape index (κ2) is 4.39. The van der Waals surface area contributed by atoms with Crippen LogP contribution in [0.5, 0.6) is 5.75 Å². The molecular formula is C7H7F3IN3O. The maximum Gasteiger partial charge on any atom is 0.573 e. The van der Waals surface area contributed by atoms with Gasteiger partial charge < -0.3 is 16.2 Å². The molecule has 0 spiro atoms. The first-order chi connectivity index (χ1) is 6.85. The van der Waals surface area contributed by atoms with E-state index in [4.69, 9.17) is 11.5 Å². The average Bonchev–Trinajstić information content (AvgIpc) is 2.11. The summed E-state index contributed by atoms with van der Waals surface area (Å²) >= 11 is 1.63. The van der Waals surface area contributed by atoms with E-state index in [0.717, 1.165) is 0 Å². The Morgan fingerprint density at radius 1 is 1.47 bits per heavy atom. The zero-order valence-corrected chi connectivity index (χ0v) is 9.46. The fourth-order valence-electron chi connectivity index (χ4n) is 0.892. The van der Waals surface area contributed by atoms with E-state index in [1.807, 2.05) is 0 Å². The Morgan fingerprint density at radius 2 is 2.07 bits per heavy atom. The van der Waals surface area contributed by atoms with E-state index in [9.17, 15) is 13.2 Å². The van der Waals surface area contributed by atoms with Crippen LogP contribution in [-0.4, -0.2) is 11.3 Å². The molecule has 0 saturated heterocycles. The van der Waals surface area contributed by atoms with Crippen LogP contribution < -0.4 is 16.2 Å². The SMILES string of the molecule is NCc1cnc(N)c(I)c1OC(F)(F)F. The van der Waals surface area contributed by atoms with Gasteiger partial charge in [-0.3, -0.25) is 0 Å². The van der Waals surface area contributed by atoms with Crippen LogP contribution in [0.1, 0.15) is 5.56 Å². The number of ether oxygens (including phenoxy) is 1. The molecule has 0 bridgehead atoms. The molecule has 0 aromatic carbocycles. The van der Waals surface area contributed by atoms with E-state index in [0.29, 0.717) is 0 Å². The monoisotopic (exact) mass is 333 g/mol. The molecule has 0 atom stereocenters. The third-order valence-corrected chi connectivity index (χ3v) is 2.56. The fourth-order valence-corrected chi connectivity index (χ4v) is 1.49. The summed E-state index contributed by atoms with van der Waals surface area (Å²) < 4.78 is 40.1. The van der Waals surface area contributed by atoms with Gasteiger partial charge in [-0.2, -0.15) is 0 Å². The molecule has 0 unspecified atom stereocenters. The number of hydrogen-bond donors (Lipinski definition) is 2. The Morgan fingerprint density at radius 3 is 2.53 bits per heavy atom. The van der Waals surface area contributed by atoms with Gasteiger partial charge in [0, 0.05) is 18.3 Å². The summed E-state index contributed by atoms with van der Waals surface area (Å²) in [6.45, 7) is -0.102. The van der Waals surface area contributed by atoms with Crippen LogP contribution in [0.3, 0.4) is 0 Å². The number of alkyl halides is 3. The number of halogens is 4. The summed E-state index contributed by atoms with van der Waals surface area (Å²) in [5, 5.41) is 0. The molecule has 0 aliphatic carbocycles. The van der Waals surface area contributed by atoms with Gasteiger partial charge in [0.25, 0.3) is 0 Å². The van der Waals surface area contributed by atoms with E-state index in [1.165, 1.54) is 6.20 Å². The molecule has 1 aromatic heterocycles. The van der Waals surface area contributed by atoms with E-state index in [1.54, 1.807) is 22.6 Å². The lowest BCUT2D eigenvalue weighted by atomic mass is 10.2. The molecule has 0 aliphatic rings. The molecule has 0 radical (unpaired) electrons. The van der Waals surface area contributed by atoms with Crippen molar-refractivity contribution in [3.8, 4) is 5.75 Å². The highest BCUT2D eigenvalue weighted by Crippen LogP contribution is 2.33. The number of nitrogens with two attached hydrogens (primary N) is 2. The Hall–Kier alpha value is -0.770. The zero-order chi connectivity index (χ0) is 11.6. The highest BCUT2D eigenvalue weighted by molar-refractivity contribution is 14.1. The molecule has 0 fully saturated rings. The normalized spacial score (nSPS) is 11.5. The molecule has 0 saturated carbocycles. The first-order valence-corrected chi connectivity index (χ1v) is 4.81. The van der Waals surface area contributed by atoms with Gasteiger partial charge in [0.2, 0.25) is 0 Å². The predicted molar refractivity (Wildman–Crippen MR) is 55.9 cm³/mol. The Balaban J connectivity index is 3.18. The van der Waals surface area contributed by atoms with Crippen molar-refractivity contribution >= 4 is 28.4 Å². The van der Waals surface area contributed by atoms with Gasteiger partial charge >= 0.3 is 6.36 Å². The third-order valence-electron chi connectivity index (χ3n) is 1.51. The number of hydrogen-bond acceptors (Lipinski definition) is 4. The molecule has 0 amide bonds. The molecular weight excluding hydrogens is 326 g/mol.